The van der Waals surface area contributed by atoms with Crippen molar-refractivity contribution in [2.45, 2.75) is 12.1 Å². The van der Waals surface area contributed by atoms with E-state index in [9.17, 15) is 9.90 Å². The SMILES string of the molecule is CN(C(c1ccccc1)c1ccccc1)[C@@H](CS)C(=O)O. The van der Waals surface area contributed by atoms with Gasteiger partial charge in [-0.25, -0.2) is 0 Å². The highest BCUT2D eigenvalue weighted by Gasteiger charge is 2.29. The number of hydrogen-bond donors (Lipinski definition) is 2. The van der Waals surface area contributed by atoms with E-state index in [0.29, 0.717) is 0 Å². The normalized spacial score (nSPS) is 12.6. The molecular weight excluding hydrogens is 282 g/mol. The van der Waals surface area contributed by atoms with E-state index in [1.807, 2.05) is 72.6 Å². The zero-order valence-corrected chi connectivity index (χ0v) is 12.8. The molecule has 2 rings (SSSR count). The lowest BCUT2D eigenvalue weighted by Crippen LogP contribution is -2.42. The lowest BCUT2D eigenvalue weighted by Gasteiger charge is -2.33. The molecule has 1 N–H and O–H groups in total. The van der Waals surface area contributed by atoms with E-state index in [1.54, 1.807) is 0 Å². The van der Waals surface area contributed by atoms with Gasteiger partial charge in [0.1, 0.15) is 6.04 Å². The Morgan fingerprint density at radius 1 is 1.05 bits per heavy atom. The molecule has 2 aromatic carbocycles. The maximum atomic E-state index is 11.4. The Hall–Kier alpha value is -1.78. The van der Waals surface area contributed by atoms with Crippen LogP contribution in [0.2, 0.25) is 0 Å². The number of hydrogen-bond acceptors (Lipinski definition) is 3. The van der Waals surface area contributed by atoms with E-state index < -0.39 is 12.0 Å². The van der Waals surface area contributed by atoms with Gasteiger partial charge >= 0.3 is 5.97 Å². The van der Waals surface area contributed by atoms with Crippen LogP contribution >= 0.6 is 12.6 Å². The number of rotatable bonds is 6. The van der Waals surface area contributed by atoms with Gasteiger partial charge < -0.3 is 5.11 Å². The summed E-state index contributed by atoms with van der Waals surface area (Å²) in [6.07, 6.45) is 0. The van der Waals surface area contributed by atoms with E-state index in [1.165, 1.54) is 0 Å². The molecular formula is C17H19NO2S. The summed E-state index contributed by atoms with van der Waals surface area (Å²) >= 11 is 4.19. The fraction of sp³-hybridized carbons (Fsp3) is 0.235. The van der Waals surface area contributed by atoms with Gasteiger partial charge in [0.05, 0.1) is 6.04 Å². The van der Waals surface area contributed by atoms with Crippen LogP contribution in [0.1, 0.15) is 17.2 Å². The molecule has 0 heterocycles. The molecule has 0 aromatic heterocycles. The fourth-order valence-electron chi connectivity index (χ4n) is 2.49. The Balaban J connectivity index is 2.44. The third kappa shape index (κ3) is 3.65. The van der Waals surface area contributed by atoms with Gasteiger partial charge in [-0.2, -0.15) is 12.6 Å². The molecule has 1 atom stereocenters. The molecule has 0 saturated carbocycles. The molecule has 110 valence electrons. The first-order valence-corrected chi connectivity index (χ1v) is 7.44. The van der Waals surface area contributed by atoms with E-state index in [2.05, 4.69) is 12.6 Å². The number of thiol groups is 1. The van der Waals surface area contributed by atoms with Crippen LogP contribution in [0.25, 0.3) is 0 Å². The summed E-state index contributed by atoms with van der Waals surface area (Å²) < 4.78 is 0. The van der Waals surface area contributed by atoms with Crippen molar-refractivity contribution in [3.8, 4) is 0 Å². The highest BCUT2D eigenvalue weighted by Crippen LogP contribution is 2.29. The summed E-state index contributed by atoms with van der Waals surface area (Å²) in [5.41, 5.74) is 2.14. The molecule has 0 spiro atoms. The van der Waals surface area contributed by atoms with E-state index in [4.69, 9.17) is 0 Å². The van der Waals surface area contributed by atoms with Gasteiger partial charge in [0.2, 0.25) is 0 Å². The highest BCUT2D eigenvalue weighted by atomic mass is 32.1. The smallest absolute Gasteiger partial charge is 0.321 e. The minimum absolute atomic E-state index is 0.111. The van der Waals surface area contributed by atoms with E-state index >= 15 is 0 Å². The number of carbonyl (C=O) groups is 1. The van der Waals surface area contributed by atoms with Gasteiger partial charge in [-0.1, -0.05) is 60.7 Å². The number of benzene rings is 2. The van der Waals surface area contributed by atoms with E-state index in [0.717, 1.165) is 11.1 Å². The maximum Gasteiger partial charge on any atom is 0.321 e. The molecule has 3 nitrogen and oxygen atoms in total. The predicted octanol–water partition coefficient (Wildman–Crippen LogP) is 3.09. The largest absolute Gasteiger partial charge is 0.480 e. The van der Waals surface area contributed by atoms with Gasteiger partial charge in [-0.3, -0.25) is 9.69 Å². The van der Waals surface area contributed by atoms with Crippen molar-refractivity contribution in [2.24, 2.45) is 0 Å². The van der Waals surface area contributed by atoms with Crippen molar-refractivity contribution in [2.75, 3.05) is 12.8 Å². The maximum absolute atomic E-state index is 11.4. The summed E-state index contributed by atoms with van der Waals surface area (Å²) in [6, 6.07) is 19.1. The number of carboxylic acids is 1. The van der Waals surface area contributed by atoms with Gasteiger partial charge in [0.15, 0.2) is 0 Å². The van der Waals surface area contributed by atoms with Crippen LogP contribution < -0.4 is 0 Å². The molecule has 0 aliphatic carbocycles. The first kappa shape index (κ1) is 15.6. The Labute approximate surface area is 130 Å². The van der Waals surface area contributed by atoms with Gasteiger partial charge in [-0.05, 0) is 18.2 Å². The van der Waals surface area contributed by atoms with Crippen molar-refractivity contribution in [1.29, 1.82) is 0 Å². The second kappa shape index (κ2) is 7.29. The number of carboxylic acid groups (broad SMARTS) is 1. The Morgan fingerprint density at radius 3 is 1.81 bits per heavy atom. The highest BCUT2D eigenvalue weighted by molar-refractivity contribution is 7.80. The lowest BCUT2D eigenvalue weighted by atomic mass is 9.96. The van der Waals surface area contributed by atoms with Crippen LogP contribution in [-0.2, 0) is 4.79 Å². The fourth-order valence-corrected chi connectivity index (χ4v) is 2.91. The Kier molecular flexibility index (Phi) is 5.42. The summed E-state index contributed by atoms with van der Waals surface area (Å²) in [4.78, 5) is 13.3. The molecule has 0 aliphatic heterocycles. The van der Waals surface area contributed by atoms with Gasteiger partial charge in [0.25, 0.3) is 0 Å². The van der Waals surface area contributed by atoms with E-state index in [-0.39, 0.29) is 11.8 Å². The average molecular weight is 301 g/mol. The van der Waals surface area contributed by atoms with Crippen LogP contribution in [0.15, 0.2) is 60.7 Å². The topological polar surface area (TPSA) is 40.5 Å². The molecule has 0 saturated heterocycles. The summed E-state index contributed by atoms with van der Waals surface area (Å²) in [5.74, 6) is -0.591. The molecule has 21 heavy (non-hydrogen) atoms. The minimum atomic E-state index is -0.857. The molecule has 0 radical (unpaired) electrons. The van der Waals surface area contributed by atoms with Crippen LogP contribution in [-0.4, -0.2) is 34.8 Å². The lowest BCUT2D eigenvalue weighted by molar-refractivity contribution is -0.142. The Morgan fingerprint density at radius 2 is 1.48 bits per heavy atom. The Bertz CT molecular complexity index is 534. The van der Waals surface area contributed by atoms with Gasteiger partial charge in [-0.15, -0.1) is 0 Å². The first-order chi connectivity index (χ1) is 10.1. The number of likely N-dealkylation sites (N-methyl/N-ethyl adjacent to an activating group) is 1. The van der Waals surface area contributed by atoms with Crippen molar-refractivity contribution >= 4 is 18.6 Å². The second-order valence-electron chi connectivity index (χ2n) is 4.93. The molecule has 0 amide bonds. The second-order valence-corrected chi connectivity index (χ2v) is 5.29. The quantitative estimate of drug-likeness (QED) is 0.806. The standard InChI is InChI=1S/C17H19NO2S/c1-18(15(12-21)17(19)20)16(13-8-4-2-5-9-13)14-10-6-3-7-11-14/h2-11,15-16,21H,12H2,1H3,(H,19,20)/t15-/m0/s1. The van der Waals surface area contributed by atoms with Gasteiger partial charge in [0, 0.05) is 5.75 Å². The van der Waals surface area contributed by atoms with Crippen molar-refractivity contribution in [1.82, 2.24) is 4.90 Å². The molecule has 0 fully saturated rings. The number of aliphatic carboxylic acids is 1. The van der Waals surface area contributed by atoms with Crippen LogP contribution in [0.3, 0.4) is 0 Å². The molecule has 4 heteroatoms. The minimum Gasteiger partial charge on any atom is -0.480 e. The monoisotopic (exact) mass is 301 g/mol. The molecule has 0 bridgehead atoms. The first-order valence-electron chi connectivity index (χ1n) is 6.80. The van der Waals surface area contributed by atoms with Crippen LogP contribution in [0, 0.1) is 0 Å². The van der Waals surface area contributed by atoms with Crippen molar-refractivity contribution in [3.05, 3.63) is 71.8 Å². The average Bonchev–Trinajstić information content (AvgIpc) is 2.50. The number of nitrogens with zero attached hydrogens (tertiary/aromatic N) is 1. The summed E-state index contributed by atoms with van der Waals surface area (Å²) in [7, 11) is 1.83. The molecule has 0 aliphatic rings. The predicted molar refractivity (Wildman–Crippen MR) is 87.8 cm³/mol. The third-order valence-corrected chi connectivity index (χ3v) is 3.93. The van der Waals surface area contributed by atoms with Crippen molar-refractivity contribution < 1.29 is 9.90 Å². The van der Waals surface area contributed by atoms with Crippen molar-refractivity contribution in [3.63, 3.8) is 0 Å². The van der Waals surface area contributed by atoms with Crippen LogP contribution in [0.4, 0.5) is 0 Å². The third-order valence-electron chi connectivity index (χ3n) is 3.59. The zero-order valence-electron chi connectivity index (χ0n) is 11.9. The van der Waals surface area contributed by atoms with Crippen LogP contribution in [0.5, 0.6) is 0 Å². The molecule has 2 aromatic rings. The summed E-state index contributed by atoms with van der Waals surface area (Å²) in [6.45, 7) is 0. The zero-order chi connectivity index (χ0) is 15.2. The molecule has 0 unspecified atom stereocenters. The summed E-state index contributed by atoms with van der Waals surface area (Å²) in [5, 5.41) is 9.40.